The smallest absolute Gasteiger partial charge is 0.258 e. The third-order valence-electron chi connectivity index (χ3n) is 3.80. The standard InChI is InChI=1S/C17H13F2N3O4S2/c1-10-6-12(22(23)24)3-5-16(10)28(25,26)21-17-20-9-13(27-17)7-11-2-4-14(18)15(19)8-11/h2-6,8-9H,7H2,1H3,(H,20,21). The van der Waals surface area contributed by atoms with E-state index in [2.05, 4.69) is 9.71 Å². The Balaban J connectivity index is 1.78. The molecule has 3 aromatic rings. The summed E-state index contributed by atoms with van der Waals surface area (Å²) in [6.45, 7) is 1.46. The molecule has 1 heterocycles. The number of nitrogens with zero attached hydrogens (tertiary/aromatic N) is 2. The van der Waals surface area contributed by atoms with Gasteiger partial charge in [-0.05, 0) is 36.2 Å². The molecule has 0 radical (unpaired) electrons. The molecule has 0 aliphatic rings. The summed E-state index contributed by atoms with van der Waals surface area (Å²) >= 11 is 1.05. The van der Waals surface area contributed by atoms with Gasteiger partial charge in [0.15, 0.2) is 16.8 Å². The normalized spacial score (nSPS) is 11.4. The molecule has 2 aromatic carbocycles. The second-order valence-electron chi connectivity index (χ2n) is 5.87. The number of nitrogens with one attached hydrogen (secondary N) is 1. The highest BCUT2D eigenvalue weighted by Crippen LogP contribution is 2.27. The molecule has 3 rings (SSSR count). The highest BCUT2D eigenvalue weighted by Gasteiger charge is 2.21. The molecule has 7 nitrogen and oxygen atoms in total. The van der Waals surface area contributed by atoms with Crippen LogP contribution in [0.4, 0.5) is 19.6 Å². The van der Waals surface area contributed by atoms with Crippen molar-refractivity contribution < 1.29 is 22.1 Å². The van der Waals surface area contributed by atoms with E-state index in [-0.39, 0.29) is 27.7 Å². The predicted octanol–water partition coefficient (Wildman–Crippen LogP) is 4.03. The van der Waals surface area contributed by atoms with Crippen molar-refractivity contribution in [2.45, 2.75) is 18.2 Å². The van der Waals surface area contributed by atoms with Crippen LogP contribution in [0.15, 0.2) is 47.5 Å². The average Bonchev–Trinajstić information content (AvgIpc) is 3.03. The molecule has 146 valence electrons. The minimum atomic E-state index is -3.99. The summed E-state index contributed by atoms with van der Waals surface area (Å²) in [6, 6.07) is 6.96. The van der Waals surface area contributed by atoms with E-state index in [1.807, 2.05) is 0 Å². The van der Waals surface area contributed by atoms with E-state index in [0.717, 1.165) is 35.6 Å². The topological polar surface area (TPSA) is 102 Å². The number of thiazole rings is 1. The molecule has 0 atom stereocenters. The van der Waals surface area contributed by atoms with Crippen LogP contribution in [0.3, 0.4) is 0 Å². The largest absolute Gasteiger partial charge is 0.269 e. The lowest BCUT2D eigenvalue weighted by Crippen LogP contribution is -2.14. The molecule has 0 amide bonds. The van der Waals surface area contributed by atoms with Gasteiger partial charge >= 0.3 is 0 Å². The van der Waals surface area contributed by atoms with Crippen LogP contribution in [0, 0.1) is 28.7 Å². The van der Waals surface area contributed by atoms with Crippen LogP contribution in [0.2, 0.25) is 0 Å². The zero-order chi connectivity index (χ0) is 20.5. The summed E-state index contributed by atoms with van der Waals surface area (Å²) in [6.07, 6.45) is 1.69. The molecule has 0 spiro atoms. The van der Waals surface area contributed by atoms with Crippen molar-refractivity contribution in [1.29, 1.82) is 0 Å². The van der Waals surface area contributed by atoms with Gasteiger partial charge in [0.2, 0.25) is 0 Å². The first-order valence-electron chi connectivity index (χ1n) is 7.82. The van der Waals surface area contributed by atoms with Crippen LogP contribution in [0.1, 0.15) is 16.0 Å². The van der Waals surface area contributed by atoms with Gasteiger partial charge in [-0.3, -0.25) is 14.8 Å². The second-order valence-corrected chi connectivity index (χ2v) is 8.64. The Bertz CT molecular complexity index is 1160. The average molecular weight is 425 g/mol. The van der Waals surface area contributed by atoms with Crippen molar-refractivity contribution in [3.8, 4) is 0 Å². The second kappa shape index (κ2) is 7.60. The summed E-state index contributed by atoms with van der Waals surface area (Å²) in [5, 5.41) is 10.9. The van der Waals surface area contributed by atoms with Gasteiger partial charge in [0, 0.05) is 29.6 Å². The number of hydrogen-bond donors (Lipinski definition) is 1. The lowest BCUT2D eigenvalue weighted by atomic mass is 10.1. The lowest BCUT2D eigenvalue weighted by molar-refractivity contribution is -0.385. The van der Waals surface area contributed by atoms with Gasteiger partial charge in [-0.2, -0.15) is 0 Å². The van der Waals surface area contributed by atoms with Crippen molar-refractivity contribution in [2.75, 3.05) is 4.72 Å². The maximum atomic E-state index is 13.3. The van der Waals surface area contributed by atoms with Crippen LogP contribution in [-0.4, -0.2) is 18.3 Å². The Kier molecular flexibility index (Phi) is 5.38. The molecule has 0 unspecified atom stereocenters. The number of rotatable bonds is 6. The molecule has 28 heavy (non-hydrogen) atoms. The van der Waals surface area contributed by atoms with E-state index in [1.54, 1.807) is 0 Å². The number of benzene rings is 2. The highest BCUT2D eigenvalue weighted by molar-refractivity contribution is 7.93. The number of aryl methyl sites for hydroxylation is 1. The molecule has 1 aromatic heterocycles. The maximum absolute atomic E-state index is 13.3. The minimum Gasteiger partial charge on any atom is -0.258 e. The fourth-order valence-electron chi connectivity index (χ4n) is 2.51. The summed E-state index contributed by atoms with van der Waals surface area (Å²) in [5.41, 5.74) is 0.531. The van der Waals surface area contributed by atoms with Crippen molar-refractivity contribution in [3.05, 3.63) is 80.3 Å². The van der Waals surface area contributed by atoms with Crippen LogP contribution in [-0.2, 0) is 16.4 Å². The quantitative estimate of drug-likeness (QED) is 0.475. The van der Waals surface area contributed by atoms with Crippen molar-refractivity contribution >= 4 is 32.2 Å². The molecule has 0 saturated carbocycles. The van der Waals surface area contributed by atoms with E-state index in [0.29, 0.717) is 10.4 Å². The zero-order valence-electron chi connectivity index (χ0n) is 14.3. The van der Waals surface area contributed by atoms with Gasteiger partial charge in [-0.15, -0.1) is 11.3 Å². The summed E-state index contributed by atoms with van der Waals surface area (Å²) in [7, 11) is -3.99. The van der Waals surface area contributed by atoms with Crippen molar-refractivity contribution in [3.63, 3.8) is 0 Å². The molecule has 1 N–H and O–H groups in total. The van der Waals surface area contributed by atoms with Gasteiger partial charge in [0.25, 0.3) is 15.7 Å². The Labute approximate surface area is 162 Å². The first-order chi connectivity index (χ1) is 13.2. The Morgan fingerprint density at radius 3 is 2.57 bits per heavy atom. The van der Waals surface area contributed by atoms with Gasteiger partial charge < -0.3 is 0 Å². The van der Waals surface area contributed by atoms with Crippen molar-refractivity contribution in [2.24, 2.45) is 0 Å². The molecule has 11 heteroatoms. The maximum Gasteiger partial charge on any atom is 0.269 e. The molecule has 0 aliphatic heterocycles. The number of halogens is 2. The van der Waals surface area contributed by atoms with Crippen LogP contribution in [0.5, 0.6) is 0 Å². The number of sulfonamides is 1. The third kappa shape index (κ3) is 4.31. The van der Waals surface area contributed by atoms with Crippen molar-refractivity contribution in [1.82, 2.24) is 4.98 Å². The van der Waals surface area contributed by atoms with Gasteiger partial charge in [0.1, 0.15) is 0 Å². The molecule has 0 aliphatic carbocycles. The first kappa shape index (κ1) is 19.8. The first-order valence-corrected chi connectivity index (χ1v) is 10.1. The Morgan fingerprint density at radius 1 is 1.18 bits per heavy atom. The molecule has 0 saturated heterocycles. The van der Waals surface area contributed by atoms with E-state index in [9.17, 15) is 27.3 Å². The van der Waals surface area contributed by atoms with E-state index < -0.39 is 26.6 Å². The van der Waals surface area contributed by atoms with Crippen LogP contribution in [0.25, 0.3) is 0 Å². The fraction of sp³-hybridized carbons (Fsp3) is 0.118. The lowest BCUT2D eigenvalue weighted by Gasteiger charge is -2.07. The number of hydrogen-bond acceptors (Lipinski definition) is 6. The summed E-state index contributed by atoms with van der Waals surface area (Å²) in [5.74, 6) is -1.91. The molecular formula is C17H13F2N3O4S2. The van der Waals surface area contributed by atoms with Gasteiger partial charge in [-0.1, -0.05) is 6.07 Å². The van der Waals surface area contributed by atoms with Gasteiger partial charge in [0.05, 0.1) is 9.82 Å². The number of anilines is 1. The zero-order valence-corrected chi connectivity index (χ0v) is 16.0. The number of aromatic nitrogens is 1. The SMILES string of the molecule is Cc1cc([N+](=O)[O-])ccc1S(=O)(=O)Nc1ncc(Cc2ccc(F)c(F)c2)s1. The van der Waals surface area contributed by atoms with Crippen LogP contribution < -0.4 is 4.72 Å². The Morgan fingerprint density at radius 2 is 1.93 bits per heavy atom. The van der Waals surface area contributed by atoms with E-state index in [4.69, 9.17) is 0 Å². The number of nitro groups is 1. The highest BCUT2D eigenvalue weighted by atomic mass is 32.2. The fourth-order valence-corrected chi connectivity index (χ4v) is 4.82. The predicted molar refractivity (Wildman–Crippen MR) is 99.9 cm³/mol. The van der Waals surface area contributed by atoms with Crippen LogP contribution >= 0.6 is 11.3 Å². The molecule has 0 bridgehead atoms. The summed E-state index contributed by atoms with van der Waals surface area (Å²) in [4.78, 5) is 14.7. The summed E-state index contributed by atoms with van der Waals surface area (Å²) < 4.78 is 53.7. The third-order valence-corrected chi connectivity index (χ3v) is 6.34. The minimum absolute atomic E-state index is 0.0929. The number of non-ortho nitro benzene ring substituents is 1. The Hall–Kier alpha value is -2.92. The van der Waals surface area contributed by atoms with Gasteiger partial charge in [-0.25, -0.2) is 22.2 Å². The number of nitro benzene ring substituents is 1. The monoisotopic (exact) mass is 425 g/mol. The molecule has 0 fully saturated rings. The molecular weight excluding hydrogens is 412 g/mol. The van der Waals surface area contributed by atoms with E-state index >= 15 is 0 Å². The van der Waals surface area contributed by atoms with E-state index in [1.165, 1.54) is 25.3 Å².